The number of benzene rings is 2. The van der Waals surface area contributed by atoms with Crippen LogP contribution in [0.2, 0.25) is 0 Å². The minimum absolute atomic E-state index is 0.187. The van der Waals surface area contributed by atoms with Crippen molar-refractivity contribution in [2.45, 2.75) is 13.8 Å². The van der Waals surface area contributed by atoms with Crippen LogP contribution in [0.15, 0.2) is 120 Å². The second-order valence-electron chi connectivity index (χ2n) is 11.4. The Morgan fingerprint density at radius 2 is 1.18 bits per heavy atom. The van der Waals surface area contributed by atoms with Crippen LogP contribution in [0.1, 0.15) is 11.4 Å². The van der Waals surface area contributed by atoms with E-state index >= 15 is 0 Å². The van der Waals surface area contributed by atoms with Crippen LogP contribution in [-0.4, -0.2) is 44.4 Å². The standard InChI is InChI=1S/C18H13N5O3.C18H15N5O/c1-11-3-2-4-17(21-11)22-15-7-12(5-6-13(15)8-20-22)14-9-19-10-16(18(14)24)23(25)26;1-11-3-2-4-17(22-11)23-16-7-12(5-6-13(16)8-21-23)14-9-20-10-15(19)18(14)24/h2-10H,1H3,(H,19,24);2-10H,19H2,1H3,(H,20,24). The van der Waals surface area contributed by atoms with E-state index in [0.29, 0.717) is 16.9 Å². The summed E-state index contributed by atoms with van der Waals surface area (Å²) < 4.78 is 3.45. The van der Waals surface area contributed by atoms with Gasteiger partial charge in [0, 0.05) is 46.3 Å². The fourth-order valence-corrected chi connectivity index (χ4v) is 5.57. The number of hydrogen-bond acceptors (Lipinski definition) is 9. The molecule has 0 radical (unpaired) electrons. The molecule has 8 rings (SSSR count). The summed E-state index contributed by atoms with van der Waals surface area (Å²) in [6.07, 6.45) is 9.19. The van der Waals surface area contributed by atoms with E-state index in [-0.39, 0.29) is 16.7 Å². The number of nitro groups is 1. The van der Waals surface area contributed by atoms with Gasteiger partial charge in [0.1, 0.15) is 0 Å². The van der Waals surface area contributed by atoms with Crippen LogP contribution in [0, 0.1) is 24.0 Å². The van der Waals surface area contributed by atoms with E-state index in [2.05, 4.69) is 30.1 Å². The average Bonchev–Trinajstić information content (AvgIpc) is 3.74. The molecule has 6 heterocycles. The maximum atomic E-state index is 12.4. The topological polar surface area (TPSA) is 196 Å². The van der Waals surface area contributed by atoms with Crippen molar-refractivity contribution >= 4 is 33.2 Å². The Kier molecular flexibility index (Phi) is 8.01. The second-order valence-corrected chi connectivity index (χ2v) is 11.4. The molecule has 0 saturated carbocycles. The van der Waals surface area contributed by atoms with Crippen molar-refractivity contribution in [1.82, 2.24) is 39.5 Å². The third-order valence-corrected chi connectivity index (χ3v) is 8.04. The van der Waals surface area contributed by atoms with Crippen LogP contribution in [0.5, 0.6) is 0 Å². The molecule has 0 aliphatic heterocycles. The number of nitrogens with one attached hydrogen (secondary N) is 2. The van der Waals surface area contributed by atoms with Crippen LogP contribution in [0.25, 0.3) is 55.7 Å². The number of nitrogen functional groups attached to an aromatic ring is 1. The van der Waals surface area contributed by atoms with Gasteiger partial charge in [-0.05, 0) is 61.4 Å². The van der Waals surface area contributed by atoms with E-state index in [1.165, 1.54) is 12.4 Å². The van der Waals surface area contributed by atoms with E-state index in [4.69, 9.17) is 5.73 Å². The van der Waals surface area contributed by atoms with E-state index < -0.39 is 16.0 Å². The lowest BCUT2D eigenvalue weighted by atomic mass is 10.1. The third-order valence-electron chi connectivity index (χ3n) is 8.04. The van der Waals surface area contributed by atoms with Crippen molar-refractivity contribution < 1.29 is 4.92 Å². The number of aromatic amines is 2. The first-order valence-electron chi connectivity index (χ1n) is 15.3. The minimum Gasteiger partial charge on any atom is -0.394 e. The van der Waals surface area contributed by atoms with Gasteiger partial charge in [0.15, 0.2) is 11.6 Å². The SMILES string of the molecule is Cc1cccc(-n2ncc3ccc(-c4c[nH]cc(N)c4=O)cc32)n1.Cc1cccc(-n2ncc3ccc(-c4c[nH]cc([N+](=O)[O-])c4=O)cc32)n1. The van der Waals surface area contributed by atoms with E-state index in [9.17, 15) is 19.7 Å². The summed E-state index contributed by atoms with van der Waals surface area (Å²) in [5.74, 6) is 1.40. The molecule has 8 aromatic rings. The summed E-state index contributed by atoms with van der Waals surface area (Å²) in [5, 5.41) is 21.7. The molecule has 0 spiro atoms. The molecular weight excluding hydrogens is 636 g/mol. The molecule has 0 saturated heterocycles. The normalized spacial score (nSPS) is 11.0. The van der Waals surface area contributed by atoms with Crippen molar-refractivity contribution in [1.29, 1.82) is 0 Å². The molecule has 6 aromatic heterocycles. The minimum atomic E-state index is -0.693. The van der Waals surface area contributed by atoms with Crippen LogP contribution in [0.3, 0.4) is 0 Å². The predicted octanol–water partition coefficient (Wildman–Crippen LogP) is 5.66. The van der Waals surface area contributed by atoms with Gasteiger partial charge in [-0.25, -0.2) is 19.3 Å². The van der Waals surface area contributed by atoms with Gasteiger partial charge in [0.2, 0.25) is 5.43 Å². The number of nitrogens with two attached hydrogens (primary N) is 1. The number of hydrogen-bond donors (Lipinski definition) is 3. The lowest BCUT2D eigenvalue weighted by Crippen LogP contribution is -2.10. The first-order valence-corrected chi connectivity index (χ1v) is 15.3. The quantitative estimate of drug-likeness (QED) is 0.154. The van der Waals surface area contributed by atoms with Gasteiger partial charge in [-0.3, -0.25) is 19.7 Å². The molecule has 0 unspecified atom stereocenters. The Labute approximate surface area is 282 Å². The Bertz CT molecular complexity index is 2690. The highest BCUT2D eigenvalue weighted by Crippen LogP contribution is 2.26. The highest BCUT2D eigenvalue weighted by molar-refractivity contribution is 5.86. The Morgan fingerprint density at radius 1 is 0.680 bits per heavy atom. The van der Waals surface area contributed by atoms with Crippen molar-refractivity contribution in [3.05, 3.63) is 152 Å². The van der Waals surface area contributed by atoms with Crippen LogP contribution in [-0.2, 0) is 0 Å². The van der Waals surface area contributed by atoms with E-state index in [1.54, 1.807) is 40.1 Å². The summed E-state index contributed by atoms with van der Waals surface area (Å²) >= 11 is 0. The van der Waals surface area contributed by atoms with E-state index in [1.807, 2.05) is 74.5 Å². The summed E-state index contributed by atoms with van der Waals surface area (Å²) in [6.45, 7) is 3.83. The van der Waals surface area contributed by atoms with Gasteiger partial charge in [0.25, 0.3) is 5.43 Å². The Morgan fingerprint density at radius 3 is 1.68 bits per heavy atom. The number of fused-ring (bicyclic) bond motifs is 2. The molecule has 0 bridgehead atoms. The van der Waals surface area contributed by atoms with Crippen LogP contribution in [0.4, 0.5) is 11.4 Å². The lowest BCUT2D eigenvalue weighted by molar-refractivity contribution is -0.386. The summed E-state index contributed by atoms with van der Waals surface area (Å²) in [7, 11) is 0. The molecule has 0 atom stereocenters. The van der Waals surface area contributed by atoms with Crippen molar-refractivity contribution in [2.24, 2.45) is 0 Å². The average molecular weight is 665 g/mol. The fourth-order valence-electron chi connectivity index (χ4n) is 5.57. The Balaban J connectivity index is 0.000000157. The first kappa shape index (κ1) is 31.4. The van der Waals surface area contributed by atoms with Crippen molar-refractivity contribution in [3.63, 3.8) is 0 Å². The zero-order chi connectivity index (χ0) is 34.9. The number of H-pyrrole nitrogens is 2. The van der Waals surface area contributed by atoms with Gasteiger partial charge in [-0.2, -0.15) is 10.2 Å². The number of anilines is 1. The summed E-state index contributed by atoms with van der Waals surface area (Å²) in [4.78, 5) is 49.5. The highest BCUT2D eigenvalue weighted by Gasteiger charge is 2.17. The molecule has 0 aliphatic rings. The highest BCUT2D eigenvalue weighted by atomic mass is 16.6. The van der Waals surface area contributed by atoms with Gasteiger partial charge in [0.05, 0.1) is 45.8 Å². The monoisotopic (exact) mass is 664 g/mol. The van der Waals surface area contributed by atoms with Crippen molar-refractivity contribution in [2.75, 3.05) is 5.73 Å². The van der Waals surface area contributed by atoms with Crippen molar-refractivity contribution in [3.8, 4) is 33.9 Å². The fraction of sp³-hybridized carbons (Fsp3) is 0.0556. The molecule has 246 valence electrons. The van der Waals surface area contributed by atoms with E-state index in [0.717, 1.165) is 50.8 Å². The third kappa shape index (κ3) is 5.88. The Hall–Kier alpha value is -7.22. The maximum absolute atomic E-state index is 12.4. The van der Waals surface area contributed by atoms with Gasteiger partial charge in [-0.15, -0.1) is 0 Å². The molecule has 14 heteroatoms. The number of nitrogens with zero attached hydrogens (tertiary/aromatic N) is 7. The maximum Gasteiger partial charge on any atom is 0.332 e. The molecule has 0 amide bonds. The molecular formula is C36H28N10O4. The zero-order valence-corrected chi connectivity index (χ0v) is 26.7. The zero-order valence-electron chi connectivity index (χ0n) is 26.7. The predicted molar refractivity (Wildman–Crippen MR) is 190 cm³/mol. The smallest absolute Gasteiger partial charge is 0.332 e. The number of aryl methyl sites for hydroxylation is 2. The first-order chi connectivity index (χ1) is 24.2. The molecule has 50 heavy (non-hydrogen) atoms. The molecule has 4 N–H and O–H groups in total. The summed E-state index contributed by atoms with van der Waals surface area (Å²) in [5.41, 5.74) is 10.1. The van der Waals surface area contributed by atoms with Gasteiger partial charge >= 0.3 is 5.69 Å². The second kappa shape index (κ2) is 12.8. The van der Waals surface area contributed by atoms with Gasteiger partial charge in [-0.1, -0.05) is 36.4 Å². The number of rotatable bonds is 5. The largest absolute Gasteiger partial charge is 0.394 e. The van der Waals surface area contributed by atoms with Crippen LogP contribution < -0.4 is 16.6 Å². The molecule has 2 aromatic carbocycles. The number of aromatic nitrogens is 8. The summed E-state index contributed by atoms with van der Waals surface area (Å²) in [6, 6.07) is 22.5. The molecule has 0 fully saturated rings. The lowest BCUT2D eigenvalue weighted by Gasteiger charge is -2.06. The molecule has 14 nitrogen and oxygen atoms in total. The number of pyridine rings is 4. The molecule has 0 aliphatic carbocycles. The van der Waals surface area contributed by atoms with Crippen LogP contribution >= 0.6 is 0 Å². The van der Waals surface area contributed by atoms with Gasteiger partial charge < -0.3 is 15.7 Å².